The lowest BCUT2D eigenvalue weighted by molar-refractivity contribution is 0.845. The first-order chi connectivity index (χ1) is 6.83. The summed E-state index contributed by atoms with van der Waals surface area (Å²) in [6.07, 6.45) is 5.29. The van der Waals surface area contributed by atoms with Gasteiger partial charge in [0.2, 0.25) is 0 Å². The van der Waals surface area contributed by atoms with E-state index < -0.39 is 0 Å². The second-order valence-electron chi connectivity index (χ2n) is 2.73. The molecule has 2 aromatic heterocycles. The molecule has 5 heteroatoms. The van der Waals surface area contributed by atoms with Crippen LogP contribution in [0.1, 0.15) is 5.82 Å². The maximum absolute atomic E-state index is 5.56. The van der Waals surface area contributed by atoms with Gasteiger partial charge in [-0.2, -0.15) is 0 Å². The third-order valence-corrected chi connectivity index (χ3v) is 2.49. The van der Waals surface area contributed by atoms with E-state index in [4.69, 9.17) is 5.73 Å². The Morgan fingerprint density at radius 1 is 1.36 bits per heavy atom. The molecule has 2 heterocycles. The highest BCUT2D eigenvalue weighted by atomic mass is 79.9. The largest absolute Gasteiger partial charge is 0.324 e. The summed E-state index contributed by atoms with van der Waals surface area (Å²) in [5.74, 6) is 1.61. The Hall–Kier alpha value is -1.20. The van der Waals surface area contributed by atoms with E-state index >= 15 is 0 Å². The van der Waals surface area contributed by atoms with E-state index in [1.165, 1.54) is 0 Å². The van der Waals surface area contributed by atoms with Crippen LogP contribution in [0.2, 0.25) is 0 Å². The van der Waals surface area contributed by atoms with Crippen LogP contribution < -0.4 is 5.73 Å². The highest BCUT2D eigenvalue weighted by Crippen LogP contribution is 2.18. The third kappa shape index (κ3) is 1.56. The van der Waals surface area contributed by atoms with Gasteiger partial charge < -0.3 is 5.73 Å². The molecule has 0 aliphatic heterocycles. The second kappa shape index (κ2) is 3.89. The number of nitrogens with two attached hydrogens (primary N) is 1. The van der Waals surface area contributed by atoms with Crippen molar-refractivity contribution in [3.63, 3.8) is 0 Å². The maximum atomic E-state index is 5.56. The molecular formula is C9H9BrN4. The molecule has 14 heavy (non-hydrogen) atoms. The average molecular weight is 253 g/mol. The van der Waals surface area contributed by atoms with Gasteiger partial charge in [0.1, 0.15) is 5.82 Å². The summed E-state index contributed by atoms with van der Waals surface area (Å²) < 4.78 is 2.79. The molecule has 0 amide bonds. The lowest BCUT2D eigenvalue weighted by Gasteiger charge is -2.06. The molecule has 72 valence electrons. The Kier molecular flexibility index (Phi) is 2.60. The van der Waals surface area contributed by atoms with E-state index in [1.54, 1.807) is 12.4 Å². The van der Waals surface area contributed by atoms with Gasteiger partial charge in [0, 0.05) is 18.6 Å². The molecule has 0 atom stereocenters. The SMILES string of the molecule is NCc1nccn1-c1ncccc1Br. The van der Waals surface area contributed by atoms with Crippen molar-refractivity contribution in [1.29, 1.82) is 0 Å². The molecule has 0 fully saturated rings. The zero-order valence-electron chi connectivity index (χ0n) is 7.39. The fraction of sp³-hybridized carbons (Fsp3) is 0.111. The molecule has 0 aliphatic rings. The number of rotatable bonds is 2. The van der Waals surface area contributed by atoms with Crippen LogP contribution in [0.5, 0.6) is 0 Å². The van der Waals surface area contributed by atoms with Crippen molar-refractivity contribution in [2.75, 3.05) is 0 Å². The lowest BCUT2D eigenvalue weighted by Crippen LogP contribution is -2.07. The Morgan fingerprint density at radius 3 is 2.93 bits per heavy atom. The number of nitrogens with zero attached hydrogens (tertiary/aromatic N) is 3. The number of imidazole rings is 1. The van der Waals surface area contributed by atoms with Crippen molar-refractivity contribution in [2.24, 2.45) is 5.73 Å². The van der Waals surface area contributed by atoms with Gasteiger partial charge in [-0.05, 0) is 28.1 Å². The summed E-state index contributed by atoms with van der Waals surface area (Å²) in [6.45, 7) is 0.399. The average Bonchev–Trinajstić information content (AvgIpc) is 2.66. The summed E-state index contributed by atoms with van der Waals surface area (Å²) in [6, 6.07) is 3.80. The zero-order chi connectivity index (χ0) is 9.97. The number of aromatic nitrogens is 3. The van der Waals surface area contributed by atoms with Crippen LogP contribution in [0.4, 0.5) is 0 Å². The molecule has 0 bridgehead atoms. The third-order valence-electron chi connectivity index (χ3n) is 1.87. The summed E-state index contributed by atoms with van der Waals surface area (Å²) in [7, 11) is 0. The van der Waals surface area contributed by atoms with Crippen LogP contribution >= 0.6 is 15.9 Å². The van der Waals surface area contributed by atoms with Crippen molar-refractivity contribution < 1.29 is 0 Å². The topological polar surface area (TPSA) is 56.7 Å². The van der Waals surface area contributed by atoms with Crippen LogP contribution in [-0.4, -0.2) is 14.5 Å². The van der Waals surface area contributed by atoms with Crippen molar-refractivity contribution in [2.45, 2.75) is 6.54 Å². The predicted octanol–water partition coefficient (Wildman–Crippen LogP) is 1.49. The Bertz CT molecular complexity index is 438. The summed E-state index contributed by atoms with van der Waals surface area (Å²) >= 11 is 3.43. The first-order valence-electron chi connectivity index (χ1n) is 4.16. The van der Waals surface area contributed by atoms with E-state index in [1.807, 2.05) is 22.9 Å². The van der Waals surface area contributed by atoms with Gasteiger partial charge in [0.05, 0.1) is 11.0 Å². The minimum absolute atomic E-state index is 0.399. The summed E-state index contributed by atoms with van der Waals surface area (Å²) in [5.41, 5.74) is 5.56. The molecule has 0 aliphatic carbocycles. The number of hydrogen-bond donors (Lipinski definition) is 1. The van der Waals surface area contributed by atoms with Crippen LogP contribution in [0.15, 0.2) is 35.2 Å². The molecule has 0 saturated carbocycles. The molecule has 2 aromatic rings. The fourth-order valence-corrected chi connectivity index (χ4v) is 1.68. The van der Waals surface area contributed by atoms with E-state index in [9.17, 15) is 0 Å². The zero-order valence-corrected chi connectivity index (χ0v) is 8.98. The summed E-state index contributed by atoms with van der Waals surface area (Å²) in [5, 5.41) is 0. The monoisotopic (exact) mass is 252 g/mol. The van der Waals surface area contributed by atoms with E-state index in [2.05, 4.69) is 25.9 Å². The highest BCUT2D eigenvalue weighted by molar-refractivity contribution is 9.10. The van der Waals surface area contributed by atoms with E-state index in [0.717, 1.165) is 16.1 Å². The Balaban J connectivity index is 2.54. The van der Waals surface area contributed by atoms with Gasteiger partial charge in [-0.15, -0.1) is 0 Å². The van der Waals surface area contributed by atoms with Crippen LogP contribution in [-0.2, 0) is 6.54 Å². The highest BCUT2D eigenvalue weighted by Gasteiger charge is 2.06. The summed E-state index contributed by atoms with van der Waals surface area (Å²) in [4.78, 5) is 8.38. The smallest absolute Gasteiger partial charge is 0.152 e. The minimum Gasteiger partial charge on any atom is -0.324 e. The molecule has 2 N–H and O–H groups in total. The lowest BCUT2D eigenvalue weighted by atomic mass is 10.4. The van der Waals surface area contributed by atoms with E-state index in [0.29, 0.717) is 6.54 Å². The second-order valence-corrected chi connectivity index (χ2v) is 3.58. The van der Waals surface area contributed by atoms with Gasteiger partial charge in [0.25, 0.3) is 0 Å². The van der Waals surface area contributed by atoms with Crippen LogP contribution in [0, 0.1) is 0 Å². The molecule has 4 nitrogen and oxygen atoms in total. The number of pyridine rings is 1. The van der Waals surface area contributed by atoms with Gasteiger partial charge in [-0.25, -0.2) is 9.97 Å². The fourth-order valence-electron chi connectivity index (χ4n) is 1.23. The van der Waals surface area contributed by atoms with Gasteiger partial charge in [-0.3, -0.25) is 4.57 Å². The number of halogens is 1. The van der Waals surface area contributed by atoms with Crippen molar-refractivity contribution in [3.05, 3.63) is 41.0 Å². The minimum atomic E-state index is 0.399. The van der Waals surface area contributed by atoms with Gasteiger partial charge in [-0.1, -0.05) is 0 Å². The van der Waals surface area contributed by atoms with Gasteiger partial charge in [0.15, 0.2) is 5.82 Å². The molecule has 0 spiro atoms. The first kappa shape index (κ1) is 9.36. The van der Waals surface area contributed by atoms with Crippen molar-refractivity contribution in [1.82, 2.24) is 14.5 Å². The standard InChI is InChI=1S/C9H9BrN4/c10-7-2-1-3-13-9(7)14-5-4-12-8(14)6-11/h1-5H,6,11H2. The Labute approximate surface area is 89.9 Å². The normalized spacial score (nSPS) is 10.4. The molecule has 0 aromatic carbocycles. The van der Waals surface area contributed by atoms with Crippen molar-refractivity contribution in [3.8, 4) is 5.82 Å². The molecule has 0 saturated heterocycles. The van der Waals surface area contributed by atoms with E-state index in [-0.39, 0.29) is 0 Å². The van der Waals surface area contributed by atoms with Crippen LogP contribution in [0.3, 0.4) is 0 Å². The molecule has 2 rings (SSSR count). The van der Waals surface area contributed by atoms with Gasteiger partial charge >= 0.3 is 0 Å². The number of hydrogen-bond acceptors (Lipinski definition) is 3. The quantitative estimate of drug-likeness (QED) is 0.882. The molecular weight excluding hydrogens is 244 g/mol. The van der Waals surface area contributed by atoms with Crippen LogP contribution in [0.25, 0.3) is 5.82 Å². The van der Waals surface area contributed by atoms with Crippen molar-refractivity contribution >= 4 is 15.9 Å². The maximum Gasteiger partial charge on any atom is 0.152 e. The predicted molar refractivity (Wildman–Crippen MR) is 57.0 cm³/mol. The first-order valence-corrected chi connectivity index (χ1v) is 4.95. The molecule has 0 radical (unpaired) electrons. The molecule has 0 unspecified atom stereocenters. The Morgan fingerprint density at radius 2 is 2.21 bits per heavy atom.